The predicted octanol–water partition coefficient (Wildman–Crippen LogP) is -5.10. The van der Waals surface area contributed by atoms with E-state index in [0.717, 1.165) is 32.1 Å². The zero-order valence-corrected chi connectivity index (χ0v) is 50.0. The number of hydrogen-bond acceptors (Lipinski definition) is 18. The number of hydrogen-bond donors (Lipinski definition) is 18. The molecule has 1 aromatic rings. The lowest BCUT2D eigenvalue weighted by Crippen LogP contribution is -2.62. The molecular formula is C56H98N16O13. The van der Waals surface area contributed by atoms with Gasteiger partial charge in [0.1, 0.15) is 60.4 Å². The van der Waals surface area contributed by atoms with Crippen LogP contribution in [-0.4, -0.2) is 187 Å². The molecule has 0 saturated carbocycles. The Morgan fingerprint density at radius 1 is 0.553 bits per heavy atom. The minimum absolute atomic E-state index is 0.0137. The fourth-order valence-corrected chi connectivity index (χ4v) is 9.20. The first-order valence-electron chi connectivity index (χ1n) is 29.7. The van der Waals surface area contributed by atoms with Gasteiger partial charge in [0.05, 0.1) is 12.2 Å². The van der Waals surface area contributed by atoms with E-state index in [0.29, 0.717) is 12.0 Å². The van der Waals surface area contributed by atoms with E-state index in [1.807, 2.05) is 0 Å². The van der Waals surface area contributed by atoms with Gasteiger partial charge in [0.25, 0.3) is 0 Å². The third kappa shape index (κ3) is 27.4. The molecule has 0 bridgehead atoms. The Hall–Kier alpha value is -6.89. The van der Waals surface area contributed by atoms with Gasteiger partial charge in [-0.3, -0.25) is 52.7 Å². The second-order valence-corrected chi connectivity index (χ2v) is 21.8. The highest BCUT2D eigenvalue weighted by Crippen LogP contribution is 2.12. The van der Waals surface area contributed by atoms with Gasteiger partial charge >= 0.3 is 0 Å². The first kappa shape index (κ1) is 74.2. The monoisotopic (exact) mass is 1200 g/mol. The number of nitrogens with one attached hydrogen (secondary N) is 11. The van der Waals surface area contributed by atoms with Gasteiger partial charge in [0, 0.05) is 19.4 Å². The lowest BCUT2D eigenvalue weighted by atomic mass is 10.00. The molecule has 0 spiro atoms. The van der Waals surface area contributed by atoms with Crippen molar-refractivity contribution in [3.05, 3.63) is 35.9 Å². The molecule has 0 aromatic heterocycles. The number of benzene rings is 1. The molecule has 480 valence electrons. The second kappa shape index (κ2) is 40.4. The molecule has 1 aromatic carbocycles. The van der Waals surface area contributed by atoms with Crippen molar-refractivity contribution >= 4 is 65.0 Å². The normalized spacial score (nSPS) is 22.5. The smallest absolute Gasteiger partial charge is 0.245 e. The first-order chi connectivity index (χ1) is 40.4. The highest BCUT2D eigenvalue weighted by molar-refractivity contribution is 5.99. The van der Waals surface area contributed by atoms with Crippen molar-refractivity contribution in [3.8, 4) is 0 Å². The predicted molar refractivity (Wildman–Crippen MR) is 316 cm³/mol. The van der Waals surface area contributed by atoms with E-state index < -0.39 is 151 Å². The van der Waals surface area contributed by atoms with Crippen molar-refractivity contribution in [1.82, 2.24) is 58.5 Å². The summed E-state index contributed by atoms with van der Waals surface area (Å²) in [6.45, 7) is 6.91. The van der Waals surface area contributed by atoms with E-state index in [2.05, 4.69) is 65.4 Å². The summed E-state index contributed by atoms with van der Waals surface area (Å²) in [5.74, 6) is -9.93. The minimum Gasteiger partial charge on any atom is -0.391 e. The standard InChI is InChI=1S/C56H98N16O13/c1-6-7-8-9-10-14-17-44(75)63-36(18-24-57)51(80)72-46(34(5)74)56(85)68-39(21-27-60)48(77)67-41-23-29-62-55(84)45(33(4)73)71-52(81)40(22-28-61)65-47(76)37(19-25-58)66-53(82)42(30-32(2)3)69-54(83)43(31-35-15-12-11-13-16-35)70-49(78)38(20-26-59)64-50(41)79/h11-13,15-16,32-34,36-43,45-46,73-74H,6-10,14,17-31,57-61H2,1-5H3,(H,62,84)(H,63,75)(H,64,79)(H,65,76)(H,66,82)(H,67,77)(H,68,85)(H,69,83)(H,70,78)(H,71,81)(H,72,80)/t33?,34?,36-,37-,38-,39-,40-,41-,42-,43+,45-,46-/m0/s1. The summed E-state index contributed by atoms with van der Waals surface area (Å²) in [7, 11) is 0. The van der Waals surface area contributed by atoms with Crippen LogP contribution in [0.5, 0.6) is 0 Å². The molecule has 0 aliphatic carbocycles. The van der Waals surface area contributed by atoms with Gasteiger partial charge in [-0.2, -0.15) is 0 Å². The average Bonchev–Trinajstić information content (AvgIpc) is 3.66. The van der Waals surface area contributed by atoms with E-state index in [1.165, 1.54) is 13.8 Å². The summed E-state index contributed by atoms with van der Waals surface area (Å²) in [6, 6.07) is -6.22. The Labute approximate surface area is 498 Å². The number of aliphatic hydroxyl groups is 2. The summed E-state index contributed by atoms with van der Waals surface area (Å²) >= 11 is 0. The van der Waals surface area contributed by atoms with Crippen molar-refractivity contribution in [3.63, 3.8) is 0 Å². The molecule has 1 saturated heterocycles. The summed E-state index contributed by atoms with van der Waals surface area (Å²) < 4.78 is 0. The van der Waals surface area contributed by atoms with Crippen LogP contribution in [0.25, 0.3) is 0 Å². The van der Waals surface area contributed by atoms with Crippen LogP contribution < -0.4 is 87.2 Å². The number of aliphatic hydroxyl groups excluding tert-OH is 2. The van der Waals surface area contributed by atoms with Crippen molar-refractivity contribution in [1.29, 1.82) is 0 Å². The van der Waals surface area contributed by atoms with E-state index >= 15 is 0 Å². The molecular weight excluding hydrogens is 1100 g/mol. The van der Waals surface area contributed by atoms with Crippen LogP contribution in [0.15, 0.2) is 30.3 Å². The molecule has 0 radical (unpaired) electrons. The van der Waals surface area contributed by atoms with Gasteiger partial charge in [-0.1, -0.05) is 83.2 Å². The van der Waals surface area contributed by atoms with Crippen molar-refractivity contribution < 1.29 is 63.0 Å². The van der Waals surface area contributed by atoms with Gasteiger partial charge in [0.15, 0.2) is 0 Å². The number of amides is 11. The SMILES string of the molecule is CCCCCCCCC(=O)N[C@@H](CCN)C(=O)N[C@H](C(=O)N[C@@H](CCN)C(=O)N[C@H]1CCNC(=O)[C@H](C(C)O)NC(=O)[C@H](CCN)NC(=O)[C@H](CCN)NC(=O)[C@H](CC(C)C)NC(=O)[C@@H](Cc2ccccc2)NC(=O)[C@H](CCN)NC1=O)C(C)O. The van der Waals surface area contributed by atoms with Crippen LogP contribution in [-0.2, 0) is 59.2 Å². The van der Waals surface area contributed by atoms with Gasteiger partial charge in [0.2, 0.25) is 65.0 Å². The number of nitrogens with two attached hydrogens (primary N) is 5. The maximum Gasteiger partial charge on any atom is 0.245 e. The molecule has 29 nitrogen and oxygen atoms in total. The molecule has 1 aliphatic heterocycles. The summed E-state index contributed by atoms with van der Waals surface area (Å²) in [5.41, 5.74) is 29.9. The van der Waals surface area contributed by atoms with Crippen molar-refractivity contribution in [2.45, 2.75) is 204 Å². The van der Waals surface area contributed by atoms with Crippen LogP contribution in [0.3, 0.4) is 0 Å². The fraction of sp³-hybridized carbons (Fsp3) is 0.696. The van der Waals surface area contributed by atoms with Crippen LogP contribution in [0, 0.1) is 5.92 Å². The lowest BCUT2D eigenvalue weighted by Gasteiger charge is -2.29. The average molecular weight is 1200 g/mol. The maximum atomic E-state index is 14.5. The number of carbonyl (C=O) groups excluding carboxylic acids is 11. The van der Waals surface area contributed by atoms with Gasteiger partial charge in [-0.05, 0) is 109 Å². The molecule has 1 fully saturated rings. The number of rotatable bonds is 30. The molecule has 1 heterocycles. The molecule has 2 unspecified atom stereocenters. The molecule has 2 rings (SSSR count). The maximum absolute atomic E-state index is 14.5. The Balaban J connectivity index is 2.67. The largest absolute Gasteiger partial charge is 0.391 e. The molecule has 12 atom stereocenters. The summed E-state index contributed by atoms with van der Waals surface area (Å²) in [4.78, 5) is 154. The second-order valence-electron chi connectivity index (χ2n) is 21.8. The van der Waals surface area contributed by atoms with Gasteiger partial charge < -0.3 is 97.4 Å². The van der Waals surface area contributed by atoms with Crippen LogP contribution >= 0.6 is 0 Å². The number of unbranched alkanes of at least 4 members (excludes halogenated alkanes) is 5. The lowest BCUT2D eigenvalue weighted by molar-refractivity contribution is -0.137. The third-order valence-electron chi connectivity index (χ3n) is 14.0. The fourth-order valence-electron chi connectivity index (χ4n) is 9.20. The van der Waals surface area contributed by atoms with Gasteiger partial charge in [-0.25, -0.2) is 0 Å². The summed E-state index contributed by atoms with van der Waals surface area (Å²) in [6.07, 6.45) is 1.21. The van der Waals surface area contributed by atoms with Gasteiger partial charge in [-0.15, -0.1) is 0 Å². The van der Waals surface area contributed by atoms with Crippen LogP contribution in [0.1, 0.15) is 130 Å². The van der Waals surface area contributed by atoms with Crippen molar-refractivity contribution in [2.24, 2.45) is 34.6 Å². The molecule has 11 amide bonds. The van der Waals surface area contributed by atoms with E-state index in [4.69, 9.17) is 28.7 Å². The Bertz CT molecular complexity index is 2300. The first-order valence-corrected chi connectivity index (χ1v) is 29.7. The minimum atomic E-state index is -1.70. The highest BCUT2D eigenvalue weighted by Gasteiger charge is 2.37. The summed E-state index contributed by atoms with van der Waals surface area (Å²) in [5, 5.41) is 49.7. The van der Waals surface area contributed by atoms with Crippen molar-refractivity contribution in [2.75, 3.05) is 39.3 Å². The topological polar surface area (TPSA) is 491 Å². The Kier molecular flexibility index (Phi) is 35.3. The molecule has 23 N–H and O–H groups in total. The van der Waals surface area contributed by atoms with Crippen LogP contribution in [0.4, 0.5) is 0 Å². The Morgan fingerprint density at radius 2 is 1.04 bits per heavy atom. The molecule has 1 aliphatic rings. The van der Waals surface area contributed by atoms with E-state index in [1.54, 1.807) is 44.2 Å². The highest BCUT2D eigenvalue weighted by atomic mass is 16.3. The molecule has 29 heteroatoms. The Morgan fingerprint density at radius 3 is 1.55 bits per heavy atom. The zero-order chi connectivity index (χ0) is 63.6. The third-order valence-corrected chi connectivity index (χ3v) is 14.0. The van der Waals surface area contributed by atoms with E-state index in [9.17, 15) is 63.0 Å². The number of carbonyl (C=O) groups is 11. The van der Waals surface area contributed by atoms with E-state index in [-0.39, 0.29) is 90.0 Å². The zero-order valence-electron chi connectivity index (χ0n) is 50.0. The molecule has 85 heavy (non-hydrogen) atoms. The quantitative estimate of drug-likeness (QED) is 0.0321. The van der Waals surface area contributed by atoms with Crippen LogP contribution in [0.2, 0.25) is 0 Å².